The summed E-state index contributed by atoms with van der Waals surface area (Å²) in [7, 11) is 0.435. The fourth-order valence-electron chi connectivity index (χ4n) is 3.62. The lowest BCUT2D eigenvalue weighted by Gasteiger charge is -2.11. The normalized spacial score (nSPS) is 12.2. The molecule has 0 spiro atoms. The summed E-state index contributed by atoms with van der Waals surface area (Å²) in [5.74, 6) is 0.464. The lowest BCUT2D eigenvalue weighted by atomic mass is 10.1. The molecule has 29 heavy (non-hydrogen) atoms. The Bertz CT molecular complexity index is 1070. The number of halogens is 1. The topological polar surface area (TPSA) is 60.3 Å². The minimum absolute atomic E-state index is 0.329. The minimum atomic E-state index is -1.42. The van der Waals surface area contributed by atoms with Gasteiger partial charge in [0.1, 0.15) is 22.4 Å². The largest absolute Gasteiger partial charge is 0.494 e. The predicted molar refractivity (Wildman–Crippen MR) is 119 cm³/mol. The number of hydrogen-bond donors (Lipinski definition) is 1. The van der Waals surface area contributed by atoms with E-state index in [1.165, 1.54) is 6.26 Å². The number of fused-ring (bicyclic) bond motifs is 1. The quantitative estimate of drug-likeness (QED) is 0.560. The van der Waals surface area contributed by atoms with Crippen molar-refractivity contribution in [3.8, 4) is 5.75 Å². The fourth-order valence-corrected chi connectivity index (χ4v) is 4.09. The molecular formula is C22H25ClN2O3S. The average Bonchev–Trinajstić information content (AvgIpc) is 2.95. The van der Waals surface area contributed by atoms with Gasteiger partial charge < -0.3 is 9.30 Å². The Hall–Kier alpha value is -2.31. The third-order valence-corrected chi connectivity index (χ3v) is 5.98. The smallest absolute Gasteiger partial charge is 0.279 e. The number of rotatable bonds is 7. The number of nitrogens with one attached hydrogen (secondary N) is 1. The van der Waals surface area contributed by atoms with E-state index < -0.39 is 11.0 Å². The molecule has 1 aromatic heterocycles. The van der Waals surface area contributed by atoms with Crippen LogP contribution in [0.25, 0.3) is 10.9 Å². The van der Waals surface area contributed by atoms with Crippen LogP contribution in [0.4, 0.5) is 0 Å². The maximum Gasteiger partial charge on any atom is 0.279 e. The van der Waals surface area contributed by atoms with E-state index in [9.17, 15) is 9.00 Å². The first kappa shape index (κ1) is 21.4. The number of carbonyl (C=O) groups excluding carboxylic acids is 1. The van der Waals surface area contributed by atoms with Gasteiger partial charge in [-0.2, -0.15) is 0 Å². The molecule has 0 fully saturated rings. The van der Waals surface area contributed by atoms with Crippen molar-refractivity contribution in [1.29, 1.82) is 0 Å². The lowest BCUT2D eigenvalue weighted by Crippen LogP contribution is -2.27. The molecule has 0 saturated carbocycles. The highest BCUT2D eigenvalue weighted by atomic mass is 35.5. The highest BCUT2D eigenvalue weighted by Crippen LogP contribution is 2.28. The van der Waals surface area contributed by atoms with Crippen LogP contribution in [0.3, 0.4) is 0 Å². The molecule has 3 rings (SSSR count). The second-order valence-electron chi connectivity index (χ2n) is 7.11. The van der Waals surface area contributed by atoms with E-state index in [1.807, 2.05) is 61.9 Å². The van der Waals surface area contributed by atoms with Crippen molar-refractivity contribution >= 4 is 39.4 Å². The molecule has 1 N–H and O–H groups in total. The van der Waals surface area contributed by atoms with Crippen molar-refractivity contribution in [1.82, 2.24) is 9.29 Å². The van der Waals surface area contributed by atoms with E-state index in [2.05, 4.69) is 4.72 Å². The van der Waals surface area contributed by atoms with Crippen LogP contribution in [-0.4, -0.2) is 27.5 Å². The third kappa shape index (κ3) is 4.65. The lowest BCUT2D eigenvalue weighted by molar-refractivity contribution is 0.0974. The summed E-state index contributed by atoms with van der Waals surface area (Å²) in [5.41, 5.74) is 4.43. The van der Waals surface area contributed by atoms with Crippen molar-refractivity contribution in [2.45, 2.75) is 26.7 Å². The van der Waals surface area contributed by atoms with Gasteiger partial charge in [-0.25, -0.2) is 4.21 Å². The summed E-state index contributed by atoms with van der Waals surface area (Å²) in [5, 5.41) is 1.79. The van der Waals surface area contributed by atoms with Crippen LogP contribution >= 0.6 is 11.6 Å². The Kier molecular flexibility index (Phi) is 6.65. The van der Waals surface area contributed by atoms with Crippen LogP contribution in [-0.2, 0) is 24.5 Å². The number of aryl methyl sites for hydroxylation is 4. The molecule has 5 nitrogen and oxygen atoms in total. The number of nitrogens with zero attached hydrogens (tertiary/aromatic N) is 1. The van der Waals surface area contributed by atoms with Gasteiger partial charge in [0.15, 0.2) is 0 Å². The van der Waals surface area contributed by atoms with E-state index in [-0.39, 0.29) is 5.91 Å². The summed E-state index contributed by atoms with van der Waals surface area (Å²) in [6.07, 6.45) is 2.86. The van der Waals surface area contributed by atoms with Gasteiger partial charge in [0.05, 0.1) is 6.61 Å². The summed E-state index contributed by atoms with van der Waals surface area (Å²) in [6.45, 7) is 4.44. The van der Waals surface area contributed by atoms with E-state index in [0.717, 1.165) is 44.8 Å². The molecule has 0 aliphatic heterocycles. The highest BCUT2D eigenvalue weighted by Gasteiger charge is 2.21. The van der Waals surface area contributed by atoms with Gasteiger partial charge in [-0.15, -0.1) is 0 Å². The number of aromatic nitrogens is 1. The monoisotopic (exact) mass is 432 g/mol. The first-order valence-electron chi connectivity index (χ1n) is 9.39. The molecule has 1 amide bonds. The Balaban J connectivity index is 1.79. The standard InChI is InChI=1S/C22H25ClN2O3S/c1-14-12-16(13-15(2)20(14)23)28-11-7-9-18-17-8-5-6-10-19(17)25(3)21(18)22(26)24-29(4)27/h5-6,8,10,12-13H,7,9,11H2,1-4H3,(H,24,26). The zero-order valence-corrected chi connectivity index (χ0v) is 18.6. The van der Waals surface area contributed by atoms with Crippen LogP contribution in [0, 0.1) is 13.8 Å². The molecular weight excluding hydrogens is 408 g/mol. The van der Waals surface area contributed by atoms with E-state index >= 15 is 0 Å². The van der Waals surface area contributed by atoms with Crippen LogP contribution in [0.15, 0.2) is 36.4 Å². The molecule has 0 bridgehead atoms. The number of para-hydroxylation sites is 1. The summed E-state index contributed by atoms with van der Waals surface area (Å²) < 4.78 is 21.8. The van der Waals surface area contributed by atoms with Crippen molar-refractivity contribution < 1.29 is 13.7 Å². The number of hydrogen-bond acceptors (Lipinski definition) is 3. The molecule has 0 aliphatic carbocycles. The molecule has 1 heterocycles. The van der Waals surface area contributed by atoms with Crippen LogP contribution in [0.1, 0.15) is 33.6 Å². The molecule has 3 aromatic rings. The van der Waals surface area contributed by atoms with Gasteiger partial charge in [-0.3, -0.25) is 9.52 Å². The molecule has 1 atom stereocenters. The number of ether oxygens (including phenoxy) is 1. The summed E-state index contributed by atoms with van der Waals surface area (Å²) in [4.78, 5) is 12.7. The first-order valence-corrected chi connectivity index (χ1v) is 11.3. The molecule has 154 valence electrons. The zero-order chi connectivity index (χ0) is 21.1. The Morgan fingerprint density at radius 2 is 1.86 bits per heavy atom. The van der Waals surface area contributed by atoms with E-state index in [0.29, 0.717) is 18.7 Å². The molecule has 7 heteroatoms. The second kappa shape index (κ2) is 9.01. The molecule has 0 radical (unpaired) electrons. The summed E-state index contributed by atoms with van der Waals surface area (Å²) >= 11 is 6.21. The van der Waals surface area contributed by atoms with Crippen LogP contribution in [0.5, 0.6) is 5.75 Å². The van der Waals surface area contributed by atoms with Gasteiger partial charge in [0, 0.05) is 29.2 Å². The second-order valence-corrected chi connectivity index (χ2v) is 8.60. The van der Waals surface area contributed by atoms with Crippen molar-refractivity contribution in [3.63, 3.8) is 0 Å². The van der Waals surface area contributed by atoms with Crippen LogP contribution < -0.4 is 9.46 Å². The van der Waals surface area contributed by atoms with Crippen LogP contribution in [0.2, 0.25) is 5.02 Å². The third-order valence-electron chi connectivity index (χ3n) is 4.91. The Morgan fingerprint density at radius 1 is 1.21 bits per heavy atom. The van der Waals surface area contributed by atoms with Gasteiger partial charge in [-0.05, 0) is 61.6 Å². The predicted octanol–water partition coefficient (Wildman–Crippen LogP) is 4.48. The maximum absolute atomic E-state index is 12.7. The number of carbonyl (C=O) groups is 1. The SMILES string of the molecule is Cc1cc(OCCCc2c(C(=O)NS(C)=O)n(C)c3ccccc23)cc(C)c1Cl. The average molecular weight is 433 g/mol. The zero-order valence-electron chi connectivity index (χ0n) is 17.0. The van der Waals surface area contributed by atoms with Crippen molar-refractivity contribution in [3.05, 3.63) is 63.8 Å². The van der Waals surface area contributed by atoms with Gasteiger partial charge in [0.25, 0.3) is 5.91 Å². The maximum atomic E-state index is 12.7. The highest BCUT2D eigenvalue weighted by molar-refractivity contribution is 7.82. The molecule has 2 aromatic carbocycles. The van der Waals surface area contributed by atoms with Crippen molar-refractivity contribution in [2.24, 2.45) is 7.05 Å². The van der Waals surface area contributed by atoms with Crippen molar-refractivity contribution in [2.75, 3.05) is 12.9 Å². The Labute approximate surface area is 178 Å². The minimum Gasteiger partial charge on any atom is -0.494 e. The number of benzene rings is 2. The summed E-state index contributed by atoms with van der Waals surface area (Å²) in [6, 6.07) is 11.8. The molecule has 1 unspecified atom stereocenters. The van der Waals surface area contributed by atoms with E-state index in [1.54, 1.807) is 0 Å². The molecule has 0 saturated heterocycles. The molecule has 0 aliphatic rings. The van der Waals surface area contributed by atoms with E-state index in [4.69, 9.17) is 16.3 Å². The van der Waals surface area contributed by atoms with Gasteiger partial charge in [-0.1, -0.05) is 29.8 Å². The first-order chi connectivity index (χ1) is 13.8. The fraction of sp³-hybridized carbons (Fsp3) is 0.318. The Morgan fingerprint density at radius 3 is 2.52 bits per heavy atom. The van der Waals surface area contributed by atoms with Gasteiger partial charge in [0.2, 0.25) is 0 Å². The number of amides is 1. The van der Waals surface area contributed by atoms with Gasteiger partial charge >= 0.3 is 0 Å².